The number of nitrogens with zero attached hydrogens (tertiary/aromatic N) is 2. The topological polar surface area (TPSA) is 91.4 Å². The van der Waals surface area contributed by atoms with Gasteiger partial charge in [-0.1, -0.05) is 24.3 Å². The molecule has 1 aliphatic heterocycles. The third kappa shape index (κ3) is 3.33. The summed E-state index contributed by atoms with van der Waals surface area (Å²) in [6.07, 6.45) is -3.88. The largest absolute Gasteiger partial charge is 0.440 e. The second-order valence-electron chi connectivity index (χ2n) is 5.71. The predicted octanol–water partition coefficient (Wildman–Crippen LogP) is 1.82. The van der Waals surface area contributed by atoms with Gasteiger partial charge < -0.3 is 5.32 Å². The summed E-state index contributed by atoms with van der Waals surface area (Å²) in [5.74, 6) is -2.78. The van der Waals surface area contributed by atoms with Gasteiger partial charge in [0.05, 0.1) is 12.2 Å². The van der Waals surface area contributed by atoms with Gasteiger partial charge in [0.15, 0.2) is 0 Å². The average molecular weight is 378 g/mol. The number of halogens is 3. The van der Waals surface area contributed by atoms with Gasteiger partial charge in [0.2, 0.25) is 0 Å². The molecule has 1 atom stereocenters. The highest BCUT2D eigenvalue weighted by Gasteiger charge is 2.68. The number of aromatic nitrogens is 1. The van der Waals surface area contributed by atoms with Crippen molar-refractivity contribution in [2.75, 3.05) is 0 Å². The summed E-state index contributed by atoms with van der Waals surface area (Å²) in [5, 5.41) is 3.22. The number of carbonyl (C=O) groups excluding carboxylic acids is 3. The molecule has 27 heavy (non-hydrogen) atoms. The summed E-state index contributed by atoms with van der Waals surface area (Å²) in [6.45, 7) is -0.468. The van der Waals surface area contributed by atoms with Crippen LogP contribution < -0.4 is 10.6 Å². The zero-order chi connectivity index (χ0) is 19.7. The lowest BCUT2D eigenvalue weighted by Gasteiger charge is -2.29. The van der Waals surface area contributed by atoms with Crippen LogP contribution in [0.5, 0.6) is 0 Å². The number of benzene rings is 1. The van der Waals surface area contributed by atoms with Crippen molar-refractivity contribution >= 4 is 17.8 Å². The summed E-state index contributed by atoms with van der Waals surface area (Å²) in [6, 6.07) is 10.4. The van der Waals surface area contributed by atoms with Crippen molar-refractivity contribution in [2.24, 2.45) is 0 Å². The molecule has 2 N–H and O–H groups in total. The Hall–Kier alpha value is -3.43. The minimum atomic E-state index is -5.26. The maximum atomic E-state index is 13.7. The van der Waals surface area contributed by atoms with Crippen LogP contribution in [0.3, 0.4) is 0 Å². The molecule has 0 saturated carbocycles. The van der Waals surface area contributed by atoms with E-state index in [1.165, 1.54) is 36.5 Å². The van der Waals surface area contributed by atoms with Crippen molar-refractivity contribution < 1.29 is 27.6 Å². The Balaban J connectivity index is 1.92. The van der Waals surface area contributed by atoms with Gasteiger partial charge in [0.1, 0.15) is 0 Å². The Morgan fingerprint density at radius 2 is 1.78 bits per heavy atom. The average Bonchev–Trinajstić information content (AvgIpc) is 2.88. The zero-order valence-corrected chi connectivity index (χ0v) is 13.7. The zero-order valence-electron chi connectivity index (χ0n) is 13.7. The van der Waals surface area contributed by atoms with E-state index in [-0.39, 0.29) is 11.3 Å². The van der Waals surface area contributed by atoms with E-state index in [4.69, 9.17) is 0 Å². The first-order valence-electron chi connectivity index (χ1n) is 7.73. The van der Waals surface area contributed by atoms with Crippen LogP contribution in [0.1, 0.15) is 16.1 Å². The molecule has 2 heterocycles. The molecule has 0 radical (unpaired) electrons. The number of urea groups is 1. The number of hydrogen-bond acceptors (Lipinski definition) is 4. The van der Waals surface area contributed by atoms with Gasteiger partial charge >= 0.3 is 12.2 Å². The third-order valence-electron chi connectivity index (χ3n) is 3.91. The molecule has 0 aliphatic carbocycles. The lowest BCUT2D eigenvalue weighted by molar-refractivity contribution is -0.200. The highest BCUT2D eigenvalue weighted by atomic mass is 19.4. The second-order valence-corrected chi connectivity index (χ2v) is 5.71. The molecular weight excluding hydrogens is 365 g/mol. The molecule has 0 spiro atoms. The van der Waals surface area contributed by atoms with Crippen molar-refractivity contribution in [1.82, 2.24) is 20.5 Å². The molecule has 1 fully saturated rings. The molecule has 1 unspecified atom stereocenters. The number of alkyl halides is 3. The molecule has 1 saturated heterocycles. The van der Waals surface area contributed by atoms with Crippen molar-refractivity contribution in [3.63, 3.8) is 0 Å². The summed E-state index contributed by atoms with van der Waals surface area (Å²) in [5.41, 5.74) is -3.43. The molecule has 140 valence electrons. The quantitative estimate of drug-likeness (QED) is 0.794. The Kier molecular flexibility index (Phi) is 4.56. The summed E-state index contributed by atoms with van der Waals surface area (Å²) in [4.78, 5) is 41.1. The first-order valence-corrected chi connectivity index (χ1v) is 7.73. The molecule has 0 bridgehead atoms. The molecule has 2 aromatic rings. The summed E-state index contributed by atoms with van der Waals surface area (Å²) >= 11 is 0. The fourth-order valence-electron chi connectivity index (χ4n) is 2.55. The van der Waals surface area contributed by atoms with Crippen molar-refractivity contribution in [2.45, 2.75) is 18.4 Å². The van der Waals surface area contributed by atoms with E-state index in [9.17, 15) is 27.6 Å². The van der Waals surface area contributed by atoms with Crippen LogP contribution >= 0.6 is 0 Å². The van der Waals surface area contributed by atoms with Gasteiger partial charge in [0.25, 0.3) is 17.5 Å². The Labute approximate surface area is 151 Å². The summed E-state index contributed by atoms with van der Waals surface area (Å²) in [7, 11) is 0. The van der Waals surface area contributed by atoms with E-state index in [0.29, 0.717) is 4.90 Å². The summed E-state index contributed by atoms with van der Waals surface area (Å²) < 4.78 is 41.2. The van der Waals surface area contributed by atoms with Crippen LogP contribution in [0.15, 0.2) is 54.7 Å². The predicted molar refractivity (Wildman–Crippen MR) is 86.0 cm³/mol. The van der Waals surface area contributed by atoms with Gasteiger partial charge in [-0.25, -0.2) is 4.79 Å². The molecular formula is C17H13F3N4O3. The number of imide groups is 1. The standard InChI is InChI=1S/C17H13F3N4O3/c18-17(19,20)16(22-13(25)11-6-2-1-3-7-11)14(26)24(15(27)23-16)10-12-8-4-5-9-21-12/h1-9H,10H2,(H,22,25)(H,23,27). The fraction of sp³-hybridized carbons (Fsp3) is 0.176. The number of carbonyl (C=O) groups is 3. The van der Waals surface area contributed by atoms with Crippen LogP contribution in [-0.4, -0.2) is 39.6 Å². The van der Waals surface area contributed by atoms with Crippen LogP contribution in [-0.2, 0) is 11.3 Å². The maximum Gasteiger partial charge on any atom is 0.440 e. The van der Waals surface area contributed by atoms with Crippen LogP contribution in [0, 0.1) is 0 Å². The van der Waals surface area contributed by atoms with Gasteiger partial charge in [-0.05, 0) is 24.3 Å². The van der Waals surface area contributed by atoms with E-state index in [2.05, 4.69) is 4.98 Å². The molecule has 1 aliphatic rings. The fourth-order valence-corrected chi connectivity index (χ4v) is 2.55. The van der Waals surface area contributed by atoms with E-state index >= 15 is 0 Å². The van der Waals surface area contributed by atoms with E-state index in [1.54, 1.807) is 28.8 Å². The van der Waals surface area contributed by atoms with Crippen molar-refractivity contribution in [1.29, 1.82) is 0 Å². The molecule has 3 rings (SSSR count). The van der Waals surface area contributed by atoms with Crippen LogP contribution in [0.4, 0.5) is 18.0 Å². The minimum absolute atomic E-state index is 0.0913. The number of pyridine rings is 1. The SMILES string of the molecule is O=C(NC1(C(F)(F)F)NC(=O)N(Cc2ccccn2)C1=O)c1ccccc1. The Morgan fingerprint density at radius 3 is 2.37 bits per heavy atom. The van der Waals surface area contributed by atoms with Gasteiger partial charge in [-0.2, -0.15) is 13.2 Å². The molecule has 1 aromatic heterocycles. The molecule has 10 heteroatoms. The van der Waals surface area contributed by atoms with Crippen LogP contribution in [0.25, 0.3) is 0 Å². The van der Waals surface area contributed by atoms with Gasteiger partial charge in [0, 0.05) is 11.8 Å². The monoisotopic (exact) mass is 378 g/mol. The highest BCUT2D eigenvalue weighted by Crippen LogP contribution is 2.34. The minimum Gasteiger partial charge on any atom is -0.314 e. The van der Waals surface area contributed by atoms with E-state index < -0.39 is 36.2 Å². The van der Waals surface area contributed by atoms with Crippen molar-refractivity contribution in [3.8, 4) is 0 Å². The lowest BCUT2D eigenvalue weighted by atomic mass is 10.1. The number of hydrogen-bond donors (Lipinski definition) is 2. The third-order valence-corrected chi connectivity index (χ3v) is 3.91. The number of rotatable bonds is 4. The smallest absolute Gasteiger partial charge is 0.314 e. The highest BCUT2D eigenvalue weighted by molar-refractivity contribution is 6.10. The maximum absolute atomic E-state index is 13.7. The first kappa shape index (κ1) is 18.4. The second kappa shape index (κ2) is 6.71. The molecule has 4 amide bonds. The van der Waals surface area contributed by atoms with E-state index in [0.717, 1.165) is 0 Å². The Bertz CT molecular complexity index is 874. The van der Waals surface area contributed by atoms with Crippen molar-refractivity contribution in [3.05, 3.63) is 66.0 Å². The van der Waals surface area contributed by atoms with Gasteiger partial charge in [-0.3, -0.25) is 24.8 Å². The first-order chi connectivity index (χ1) is 12.7. The number of amides is 4. The number of nitrogens with one attached hydrogen (secondary N) is 2. The molecule has 1 aromatic carbocycles. The van der Waals surface area contributed by atoms with E-state index in [1.807, 2.05) is 0 Å². The Morgan fingerprint density at radius 1 is 1.11 bits per heavy atom. The van der Waals surface area contributed by atoms with Gasteiger partial charge in [-0.15, -0.1) is 0 Å². The molecule has 7 nitrogen and oxygen atoms in total. The normalized spacial score (nSPS) is 19.7. The van der Waals surface area contributed by atoms with Crippen LogP contribution in [0.2, 0.25) is 0 Å². The lowest BCUT2D eigenvalue weighted by Crippen LogP contribution is -2.69.